The lowest BCUT2D eigenvalue weighted by molar-refractivity contribution is 0.102. The first-order valence-corrected chi connectivity index (χ1v) is 10.1. The highest BCUT2D eigenvalue weighted by atomic mass is 16.5. The zero-order valence-corrected chi connectivity index (χ0v) is 17.0. The fourth-order valence-electron chi connectivity index (χ4n) is 3.61. The molecule has 0 fully saturated rings. The zero-order chi connectivity index (χ0) is 21.2. The van der Waals surface area contributed by atoms with Crippen molar-refractivity contribution in [2.75, 3.05) is 11.9 Å². The van der Waals surface area contributed by atoms with Crippen molar-refractivity contribution in [3.63, 3.8) is 0 Å². The van der Waals surface area contributed by atoms with Crippen molar-refractivity contribution in [2.45, 2.75) is 6.92 Å². The predicted octanol–water partition coefficient (Wildman–Crippen LogP) is 6.30. The Morgan fingerprint density at radius 2 is 1.77 bits per heavy atom. The van der Waals surface area contributed by atoms with Crippen LogP contribution in [-0.4, -0.2) is 17.5 Å². The molecule has 5 nitrogen and oxygen atoms in total. The fourth-order valence-corrected chi connectivity index (χ4v) is 3.61. The summed E-state index contributed by atoms with van der Waals surface area (Å²) in [5, 5.41) is 4.92. The Morgan fingerprint density at radius 1 is 0.968 bits per heavy atom. The van der Waals surface area contributed by atoms with Gasteiger partial charge in [-0.2, -0.15) is 0 Å². The van der Waals surface area contributed by atoms with Crippen LogP contribution in [0.2, 0.25) is 0 Å². The van der Waals surface area contributed by atoms with E-state index in [4.69, 9.17) is 9.15 Å². The SMILES string of the molecule is CCOc1ccc(-c2nc3cc(NC(=O)c4cccc5ccccc45)ccc3o2)cc1. The molecule has 0 atom stereocenters. The molecule has 1 amide bonds. The van der Waals surface area contributed by atoms with Crippen LogP contribution in [0.25, 0.3) is 33.3 Å². The second-order valence-corrected chi connectivity index (χ2v) is 7.14. The molecule has 152 valence electrons. The highest BCUT2D eigenvalue weighted by molar-refractivity contribution is 6.13. The maximum atomic E-state index is 12.9. The first kappa shape index (κ1) is 18.9. The number of hydrogen-bond donors (Lipinski definition) is 1. The van der Waals surface area contributed by atoms with Gasteiger partial charge in [0.2, 0.25) is 5.89 Å². The van der Waals surface area contributed by atoms with Gasteiger partial charge in [0.05, 0.1) is 6.61 Å². The Hall–Kier alpha value is -4.12. The van der Waals surface area contributed by atoms with Crippen molar-refractivity contribution in [1.29, 1.82) is 0 Å². The highest BCUT2D eigenvalue weighted by Crippen LogP contribution is 2.28. The minimum absolute atomic E-state index is 0.161. The molecule has 0 bridgehead atoms. The van der Waals surface area contributed by atoms with Crippen molar-refractivity contribution in [2.24, 2.45) is 0 Å². The summed E-state index contributed by atoms with van der Waals surface area (Å²) in [5.74, 6) is 1.17. The van der Waals surface area contributed by atoms with E-state index in [9.17, 15) is 4.79 Å². The molecule has 1 heterocycles. The van der Waals surface area contributed by atoms with Gasteiger partial charge in [-0.15, -0.1) is 0 Å². The van der Waals surface area contributed by atoms with E-state index in [2.05, 4.69) is 10.3 Å². The Labute approximate surface area is 179 Å². The van der Waals surface area contributed by atoms with Gasteiger partial charge in [-0.25, -0.2) is 4.98 Å². The lowest BCUT2D eigenvalue weighted by Gasteiger charge is -2.08. The van der Waals surface area contributed by atoms with Crippen molar-refractivity contribution in [3.8, 4) is 17.2 Å². The number of carbonyl (C=O) groups is 1. The third kappa shape index (κ3) is 3.73. The molecule has 31 heavy (non-hydrogen) atoms. The Balaban J connectivity index is 1.41. The van der Waals surface area contributed by atoms with Gasteiger partial charge in [0, 0.05) is 16.8 Å². The molecule has 0 unspecified atom stereocenters. The molecule has 4 aromatic carbocycles. The Bertz CT molecular complexity index is 1380. The van der Waals surface area contributed by atoms with E-state index in [0.29, 0.717) is 34.8 Å². The molecule has 5 aromatic rings. The maximum absolute atomic E-state index is 12.9. The lowest BCUT2D eigenvalue weighted by atomic mass is 10.0. The maximum Gasteiger partial charge on any atom is 0.256 e. The number of nitrogens with zero attached hydrogens (tertiary/aromatic N) is 1. The van der Waals surface area contributed by atoms with Crippen molar-refractivity contribution in [3.05, 3.63) is 90.5 Å². The summed E-state index contributed by atoms with van der Waals surface area (Å²) >= 11 is 0. The summed E-state index contributed by atoms with van der Waals surface area (Å²) in [6.45, 7) is 2.57. The van der Waals surface area contributed by atoms with Gasteiger partial charge in [0.1, 0.15) is 11.3 Å². The van der Waals surface area contributed by atoms with Gasteiger partial charge in [-0.05, 0) is 66.2 Å². The summed E-state index contributed by atoms with van der Waals surface area (Å²) in [6, 6.07) is 26.6. The summed E-state index contributed by atoms with van der Waals surface area (Å²) < 4.78 is 11.4. The second-order valence-electron chi connectivity index (χ2n) is 7.14. The first-order valence-electron chi connectivity index (χ1n) is 10.1. The number of aromatic nitrogens is 1. The van der Waals surface area contributed by atoms with Crippen LogP contribution in [-0.2, 0) is 0 Å². The minimum Gasteiger partial charge on any atom is -0.494 e. The molecule has 0 aliphatic rings. The molecule has 0 saturated carbocycles. The van der Waals surface area contributed by atoms with Gasteiger partial charge < -0.3 is 14.5 Å². The highest BCUT2D eigenvalue weighted by Gasteiger charge is 2.13. The third-order valence-corrected chi connectivity index (χ3v) is 5.09. The van der Waals surface area contributed by atoms with Crippen LogP contribution in [0.5, 0.6) is 5.75 Å². The molecule has 5 heteroatoms. The zero-order valence-electron chi connectivity index (χ0n) is 17.0. The van der Waals surface area contributed by atoms with E-state index < -0.39 is 0 Å². The summed E-state index contributed by atoms with van der Waals surface area (Å²) in [4.78, 5) is 17.5. The number of nitrogens with one attached hydrogen (secondary N) is 1. The average Bonchev–Trinajstić information content (AvgIpc) is 3.23. The van der Waals surface area contributed by atoms with E-state index >= 15 is 0 Å². The molecule has 1 aromatic heterocycles. The van der Waals surface area contributed by atoms with Gasteiger partial charge >= 0.3 is 0 Å². The van der Waals surface area contributed by atoms with E-state index in [1.165, 1.54) is 0 Å². The fraction of sp³-hybridized carbons (Fsp3) is 0.0769. The molecule has 0 aliphatic heterocycles. The van der Waals surface area contributed by atoms with Crippen LogP contribution in [0.15, 0.2) is 89.3 Å². The number of hydrogen-bond acceptors (Lipinski definition) is 4. The van der Waals surface area contributed by atoms with Crippen LogP contribution in [0, 0.1) is 0 Å². The lowest BCUT2D eigenvalue weighted by Crippen LogP contribution is -2.12. The molecular formula is C26H20N2O3. The number of carbonyl (C=O) groups excluding carboxylic acids is 1. The quantitative estimate of drug-likeness (QED) is 0.371. The standard InChI is InChI=1S/C26H20N2O3/c1-2-30-20-13-10-18(11-14-20)26-28-23-16-19(12-15-24(23)31-26)27-25(29)22-9-5-7-17-6-3-4-8-21(17)22/h3-16H,2H2,1H3,(H,27,29). The van der Waals surface area contributed by atoms with Gasteiger partial charge in [-0.3, -0.25) is 4.79 Å². The van der Waals surface area contributed by atoms with Gasteiger partial charge in [-0.1, -0.05) is 36.4 Å². The van der Waals surface area contributed by atoms with Crippen LogP contribution in [0.4, 0.5) is 5.69 Å². The number of fused-ring (bicyclic) bond motifs is 2. The van der Waals surface area contributed by atoms with Crippen LogP contribution < -0.4 is 10.1 Å². The average molecular weight is 408 g/mol. The number of anilines is 1. The van der Waals surface area contributed by atoms with Crippen molar-refractivity contribution < 1.29 is 13.9 Å². The Morgan fingerprint density at radius 3 is 2.61 bits per heavy atom. The van der Waals surface area contributed by atoms with E-state index in [-0.39, 0.29) is 5.91 Å². The number of oxazole rings is 1. The number of amides is 1. The largest absolute Gasteiger partial charge is 0.494 e. The smallest absolute Gasteiger partial charge is 0.256 e. The molecule has 0 radical (unpaired) electrons. The first-order chi connectivity index (χ1) is 15.2. The molecule has 0 saturated heterocycles. The van der Waals surface area contributed by atoms with Crippen molar-refractivity contribution in [1.82, 2.24) is 4.98 Å². The van der Waals surface area contributed by atoms with Crippen LogP contribution in [0.1, 0.15) is 17.3 Å². The summed E-state index contributed by atoms with van der Waals surface area (Å²) in [6.07, 6.45) is 0. The molecule has 1 N–H and O–H groups in total. The summed E-state index contributed by atoms with van der Waals surface area (Å²) in [7, 11) is 0. The Kier molecular flexibility index (Phi) is 4.84. The van der Waals surface area contributed by atoms with Crippen LogP contribution in [0.3, 0.4) is 0 Å². The molecular weight excluding hydrogens is 388 g/mol. The third-order valence-electron chi connectivity index (χ3n) is 5.09. The molecule has 0 aliphatic carbocycles. The number of ether oxygens (including phenoxy) is 1. The normalized spacial score (nSPS) is 11.0. The van der Waals surface area contributed by atoms with Crippen molar-refractivity contribution >= 4 is 33.5 Å². The number of rotatable bonds is 5. The van der Waals surface area contributed by atoms with E-state index in [1.807, 2.05) is 91.9 Å². The molecule has 0 spiro atoms. The van der Waals surface area contributed by atoms with E-state index in [1.54, 1.807) is 0 Å². The number of benzene rings is 4. The predicted molar refractivity (Wildman–Crippen MR) is 123 cm³/mol. The van der Waals surface area contributed by atoms with E-state index in [0.717, 1.165) is 22.1 Å². The van der Waals surface area contributed by atoms with Crippen LogP contribution >= 0.6 is 0 Å². The topological polar surface area (TPSA) is 64.4 Å². The monoisotopic (exact) mass is 408 g/mol. The molecule has 5 rings (SSSR count). The minimum atomic E-state index is -0.161. The van der Waals surface area contributed by atoms with Gasteiger partial charge in [0.15, 0.2) is 5.58 Å². The van der Waals surface area contributed by atoms with Gasteiger partial charge in [0.25, 0.3) is 5.91 Å². The second kappa shape index (κ2) is 7.95. The summed E-state index contributed by atoms with van der Waals surface area (Å²) in [5.41, 5.74) is 3.50.